The van der Waals surface area contributed by atoms with E-state index in [4.69, 9.17) is 0 Å². The number of carbonyl (C=O) groups excluding carboxylic acids is 1. The van der Waals surface area contributed by atoms with Gasteiger partial charge in [-0.25, -0.2) is 0 Å². The van der Waals surface area contributed by atoms with Crippen molar-refractivity contribution in [3.63, 3.8) is 0 Å². The zero-order valence-corrected chi connectivity index (χ0v) is 52.0. The second-order valence-corrected chi connectivity index (χ2v) is 23.6. The number of amides is 1. The zero-order chi connectivity index (χ0) is 55.5. The molecule has 0 radical (unpaired) electrons. The SMILES string of the molecule is CCCCCCC/C=C\C/C=C\C/C=C\CCCCCCCCCCCCCCCCCCCCCCCCCCC(=O)NC(CO)C(O)/C=C/CC/C=C/CC/C=C/CCCCCCCCCCCCCCCCCC. The van der Waals surface area contributed by atoms with E-state index in [1.165, 1.54) is 295 Å². The Morgan fingerprint density at radius 1 is 0.312 bits per heavy atom. The second kappa shape index (κ2) is 68.1. The molecule has 0 aromatic carbocycles. The summed E-state index contributed by atoms with van der Waals surface area (Å²) in [5, 5.41) is 23.2. The van der Waals surface area contributed by atoms with Crippen LogP contribution in [0.3, 0.4) is 0 Å². The van der Waals surface area contributed by atoms with E-state index >= 15 is 0 Å². The van der Waals surface area contributed by atoms with Crippen molar-refractivity contribution >= 4 is 5.91 Å². The number of rotatable bonds is 64. The molecule has 2 atom stereocenters. The number of hydrogen-bond acceptors (Lipinski definition) is 3. The van der Waals surface area contributed by atoms with Gasteiger partial charge in [0.25, 0.3) is 0 Å². The standard InChI is InChI=1S/C73H135NO3/c1-3-5-7-9-11-13-15-17-19-21-23-25-27-29-31-32-33-34-35-36-37-38-39-40-41-42-43-45-47-49-51-53-55-57-59-61-63-65-67-69-73(77)74-71(70-75)72(76)68-66-64-62-60-58-56-54-52-50-48-46-44-30-28-26-24-22-20-18-16-14-12-10-8-6-4-2/h15,17,21,23,27,29,50,52,58,60,66,68,71-72,75-76H,3-14,16,18-20,22,24-26,28,30-49,51,53-57,59,61-65,67,69-70H2,1-2H3,(H,74,77)/b17-15-,23-21-,29-27-,52-50+,60-58+,68-66+. The zero-order valence-electron chi connectivity index (χ0n) is 52.0. The Balaban J connectivity index is 3.47. The lowest BCUT2D eigenvalue weighted by molar-refractivity contribution is -0.123. The summed E-state index contributed by atoms with van der Waals surface area (Å²) in [6, 6.07) is -0.648. The summed E-state index contributed by atoms with van der Waals surface area (Å²) < 4.78 is 0. The smallest absolute Gasteiger partial charge is 0.220 e. The Kier molecular flexibility index (Phi) is 66.2. The van der Waals surface area contributed by atoms with E-state index in [9.17, 15) is 15.0 Å². The lowest BCUT2D eigenvalue weighted by Gasteiger charge is -2.19. The largest absolute Gasteiger partial charge is 0.394 e. The first-order valence-corrected chi connectivity index (χ1v) is 34.7. The fourth-order valence-electron chi connectivity index (χ4n) is 10.6. The van der Waals surface area contributed by atoms with Crippen molar-refractivity contribution < 1.29 is 15.0 Å². The van der Waals surface area contributed by atoms with E-state index < -0.39 is 12.1 Å². The monoisotopic (exact) mass is 1070 g/mol. The van der Waals surface area contributed by atoms with Gasteiger partial charge in [0.05, 0.1) is 18.8 Å². The Morgan fingerprint density at radius 3 is 0.844 bits per heavy atom. The third kappa shape index (κ3) is 64.5. The molecule has 0 aliphatic rings. The predicted molar refractivity (Wildman–Crippen MR) is 345 cm³/mol. The fraction of sp³-hybridized carbons (Fsp3) is 0.822. The van der Waals surface area contributed by atoms with Crippen LogP contribution in [-0.4, -0.2) is 34.9 Å². The number of aliphatic hydroxyl groups excluding tert-OH is 2. The van der Waals surface area contributed by atoms with Crippen LogP contribution in [0.4, 0.5) is 0 Å². The van der Waals surface area contributed by atoms with Crippen LogP contribution in [0.2, 0.25) is 0 Å². The Hall–Kier alpha value is -2.17. The molecular formula is C73H135NO3. The summed E-state index contributed by atoms with van der Waals surface area (Å²) in [5.41, 5.74) is 0. The maximum absolute atomic E-state index is 12.5. The van der Waals surface area contributed by atoms with E-state index in [2.05, 4.69) is 79.9 Å². The third-order valence-electron chi connectivity index (χ3n) is 15.9. The number of allylic oxidation sites excluding steroid dienone is 11. The molecule has 0 bridgehead atoms. The van der Waals surface area contributed by atoms with Gasteiger partial charge < -0.3 is 15.5 Å². The van der Waals surface area contributed by atoms with Crippen LogP contribution in [0.15, 0.2) is 72.9 Å². The van der Waals surface area contributed by atoms with Crippen molar-refractivity contribution in [2.24, 2.45) is 0 Å². The molecule has 77 heavy (non-hydrogen) atoms. The van der Waals surface area contributed by atoms with Crippen LogP contribution in [-0.2, 0) is 4.79 Å². The van der Waals surface area contributed by atoms with Gasteiger partial charge in [0.1, 0.15) is 0 Å². The first-order chi connectivity index (χ1) is 38.2. The number of carbonyl (C=O) groups is 1. The minimum Gasteiger partial charge on any atom is -0.394 e. The lowest BCUT2D eigenvalue weighted by Crippen LogP contribution is -2.45. The first-order valence-electron chi connectivity index (χ1n) is 34.7. The molecular weight excluding hydrogens is 939 g/mol. The summed E-state index contributed by atoms with van der Waals surface area (Å²) >= 11 is 0. The van der Waals surface area contributed by atoms with Crippen molar-refractivity contribution in [1.82, 2.24) is 5.32 Å². The summed E-state index contributed by atoms with van der Waals surface area (Å²) in [5.74, 6) is -0.0725. The van der Waals surface area contributed by atoms with Crippen molar-refractivity contribution in [2.75, 3.05) is 6.61 Å². The summed E-state index contributed by atoms with van der Waals surface area (Å²) in [4.78, 5) is 12.5. The summed E-state index contributed by atoms with van der Waals surface area (Å²) in [6.45, 7) is 4.31. The molecule has 4 nitrogen and oxygen atoms in total. The molecule has 3 N–H and O–H groups in total. The van der Waals surface area contributed by atoms with Crippen molar-refractivity contribution in [2.45, 2.75) is 379 Å². The first kappa shape index (κ1) is 74.8. The van der Waals surface area contributed by atoms with Gasteiger partial charge in [0.2, 0.25) is 5.91 Å². The number of unbranched alkanes of at least 4 members (excludes halogenated alkanes) is 47. The number of hydrogen-bond donors (Lipinski definition) is 3. The van der Waals surface area contributed by atoms with Crippen LogP contribution in [0.5, 0.6) is 0 Å². The van der Waals surface area contributed by atoms with Gasteiger partial charge in [-0.1, -0.05) is 350 Å². The molecule has 1 amide bonds. The van der Waals surface area contributed by atoms with E-state index in [1.54, 1.807) is 6.08 Å². The van der Waals surface area contributed by atoms with Crippen molar-refractivity contribution in [3.05, 3.63) is 72.9 Å². The normalized spacial score (nSPS) is 13.1. The third-order valence-corrected chi connectivity index (χ3v) is 15.9. The van der Waals surface area contributed by atoms with E-state index in [0.717, 1.165) is 51.4 Å². The number of nitrogens with one attached hydrogen (secondary N) is 1. The predicted octanol–water partition coefficient (Wildman–Crippen LogP) is 23.7. The fourth-order valence-corrected chi connectivity index (χ4v) is 10.6. The van der Waals surface area contributed by atoms with Gasteiger partial charge in [-0.3, -0.25) is 4.79 Å². The van der Waals surface area contributed by atoms with Gasteiger partial charge >= 0.3 is 0 Å². The molecule has 0 aliphatic heterocycles. The molecule has 0 saturated carbocycles. The highest BCUT2D eigenvalue weighted by Gasteiger charge is 2.18. The average Bonchev–Trinajstić information content (AvgIpc) is 3.43. The molecule has 0 fully saturated rings. The highest BCUT2D eigenvalue weighted by molar-refractivity contribution is 5.76. The van der Waals surface area contributed by atoms with Gasteiger partial charge in [0, 0.05) is 6.42 Å². The highest BCUT2D eigenvalue weighted by Crippen LogP contribution is 2.18. The van der Waals surface area contributed by atoms with Crippen molar-refractivity contribution in [1.29, 1.82) is 0 Å². The molecule has 2 unspecified atom stereocenters. The van der Waals surface area contributed by atoms with Gasteiger partial charge in [-0.15, -0.1) is 0 Å². The maximum atomic E-state index is 12.5. The Bertz CT molecular complexity index is 1310. The molecule has 0 aromatic heterocycles. The molecule has 0 rings (SSSR count). The number of aliphatic hydroxyl groups is 2. The molecule has 0 aliphatic carbocycles. The minimum absolute atomic E-state index is 0.0725. The lowest BCUT2D eigenvalue weighted by atomic mass is 10.0. The van der Waals surface area contributed by atoms with Crippen LogP contribution in [0.25, 0.3) is 0 Å². The molecule has 0 heterocycles. The summed E-state index contributed by atoms with van der Waals surface area (Å²) in [6.07, 6.45) is 98.5. The molecule has 0 saturated heterocycles. The second-order valence-electron chi connectivity index (χ2n) is 23.6. The van der Waals surface area contributed by atoms with Gasteiger partial charge in [-0.2, -0.15) is 0 Å². The maximum Gasteiger partial charge on any atom is 0.220 e. The molecule has 4 heteroatoms. The molecule has 0 aromatic rings. The molecule has 0 spiro atoms. The van der Waals surface area contributed by atoms with Gasteiger partial charge in [0.15, 0.2) is 0 Å². The van der Waals surface area contributed by atoms with Crippen LogP contribution in [0.1, 0.15) is 367 Å². The molecule has 450 valence electrons. The minimum atomic E-state index is -0.873. The van der Waals surface area contributed by atoms with Crippen molar-refractivity contribution in [3.8, 4) is 0 Å². The highest BCUT2D eigenvalue weighted by atomic mass is 16.3. The average molecular weight is 1070 g/mol. The topological polar surface area (TPSA) is 69.6 Å². The van der Waals surface area contributed by atoms with Crippen LogP contribution < -0.4 is 5.32 Å². The van der Waals surface area contributed by atoms with E-state index in [0.29, 0.717) is 6.42 Å². The van der Waals surface area contributed by atoms with Crippen LogP contribution in [0, 0.1) is 0 Å². The van der Waals surface area contributed by atoms with Crippen LogP contribution >= 0.6 is 0 Å². The van der Waals surface area contributed by atoms with E-state index in [-0.39, 0.29) is 12.5 Å². The Morgan fingerprint density at radius 2 is 0.545 bits per heavy atom. The van der Waals surface area contributed by atoms with E-state index in [1.807, 2.05) is 6.08 Å². The quantitative estimate of drug-likeness (QED) is 0.0420. The van der Waals surface area contributed by atoms with Gasteiger partial charge in [-0.05, 0) is 83.5 Å². The summed E-state index contributed by atoms with van der Waals surface area (Å²) in [7, 11) is 0. The Labute approximate surface area is 482 Å².